The number of aryl methyl sites for hydroxylation is 1. The van der Waals surface area contributed by atoms with Crippen molar-refractivity contribution in [2.45, 2.75) is 39.2 Å². The zero-order valence-corrected chi connectivity index (χ0v) is 15.0. The summed E-state index contributed by atoms with van der Waals surface area (Å²) in [5.74, 6) is 1.43. The summed E-state index contributed by atoms with van der Waals surface area (Å²) in [6.07, 6.45) is 3.62. The van der Waals surface area contributed by atoms with Gasteiger partial charge in [-0.3, -0.25) is 4.98 Å². The number of nitrogens with zero attached hydrogens (tertiary/aromatic N) is 5. The summed E-state index contributed by atoms with van der Waals surface area (Å²) in [5.41, 5.74) is 4.18. The van der Waals surface area contributed by atoms with Gasteiger partial charge in [-0.05, 0) is 38.8 Å². The molecule has 3 aromatic heterocycles. The van der Waals surface area contributed by atoms with Crippen LogP contribution in [0, 0.1) is 13.8 Å². The van der Waals surface area contributed by atoms with Gasteiger partial charge in [-0.25, -0.2) is 9.78 Å². The van der Waals surface area contributed by atoms with E-state index in [1.54, 1.807) is 10.6 Å². The van der Waals surface area contributed by atoms with Crippen LogP contribution in [0.4, 0.5) is 5.82 Å². The summed E-state index contributed by atoms with van der Waals surface area (Å²) in [7, 11) is 1.40. The number of hydrogen-bond donors (Lipinski definition) is 1. The third kappa shape index (κ3) is 2.87. The van der Waals surface area contributed by atoms with Crippen molar-refractivity contribution in [3.05, 3.63) is 46.7 Å². The first-order valence-electron chi connectivity index (χ1n) is 8.57. The molecule has 1 saturated carbocycles. The molecule has 0 bridgehead atoms. The van der Waals surface area contributed by atoms with E-state index in [4.69, 9.17) is 9.72 Å². The van der Waals surface area contributed by atoms with E-state index < -0.39 is 0 Å². The standard InChI is InChI=1S/C18H20N6O2/c1-10-11(2)22-18-20-9-21-24(18)16(10)19-8-13-6-7-14(17(25)26-3)15(23-13)12-4-5-12/h6-7,9,12,19H,4-5,8H2,1-3H3. The summed E-state index contributed by atoms with van der Waals surface area (Å²) in [5, 5.41) is 7.63. The highest BCUT2D eigenvalue weighted by molar-refractivity contribution is 5.90. The predicted molar refractivity (Wildman–Crippen MR) is 95.1 cm³/mol. The fourth-order valence-electron chi connectivity index (χ4n) is 2.98. The fourth-order valence-corrected chi connectivity index (χ4v) is 2.98. The lowest BCUT2D eigenvalue weighted by molar-refractivity contribution is 0.0598. The van der Waals surface area contributed by atoms with Gasteiger partial charge in [0, 0.05) is 17.2 Å². The number of carbonyl (C=O) groups is 1. The number of rotatable bonds is 5. The van der Waals surface area contributed by atoms with E-state index in [0.717, 1.165) is 41.3 Å². The number of methoxy groups -OCH3 is 1. The molecule has 3 heterocycles. The van der Waals surface area contributed by atoms with Gasteiger partial charge < -0.3 is 10.1 Å². The number of aromatic nitrogens is 5. The Labute approximate surface area is 150 Å². The third-order valence-corrected chi connectivity index (χ3v) is 4.70. The quantitative estimate of drug-likeness (QED) is 0.705. The van der Waals surface area contributed by atoms with E-state index in [-0.39, 0.29) is 5.97 Å². The number of nitrogens with one attached hydrogen (secondary N) is 1. The number of anilines is 1. The largest absolute Gasteiger partial charge is 0.465 e. The Morgan fingerprint density at radius 1 is 1.31 bits per heavy atom. The normalized spacial score (nSPS) is 13.8. The average Bonchev–Trinajstić information content (AvgIpc) is 3.40. The first-order chi connectivity index (χ1) is 12.6. The summed E-state index contributed by atoms with van der Waals surface area (Å²) in [6, 6.07) is 3.66. The maximum atomic E-state index is 12.0. The number of esters is 1. The zero-order chi connectivity index (χ0) is 18.3. The summed E-state index contributed by atoms with van der Waals surface area (Å²) in [4.78, 5) is 25.2. The van der Waals surface area contributed by atoms with Crippen LogP contribution in [0.2, 0.25) is 0 Å². The van der Waals surface area contributed by atoms with E-state index in [9.17, 15) is 4.79 Å². The molecule has 0 amide bonds. The van der Waals surface area contributed by atoms with Crippen molar-refractivity contribution in [3.63, 3.8) is 0 Å². The van der Waals surface area contributed by atoms with Gasteiger partial charge in [-0.15, -0.1) is 0 Å². The lowest BCUT2D eigenvalue weighted by Gasteiger charge is -2.13. The van der Waals surface area contributed by atoms with Gasteiger partial charge in [-0.2, -0.15) is 14.6 Å². The summed E-state index contributed by atoms with van der Waals surface area (Å²) >= 11 is 0. The highest BCUT2D eigenvalue weighted by Crippen LogP contribution is 2.40. The molecule has 0 saturated heterocycles. The minimum atomic E-state index is -0.330. The van der Waals surface area contributed by atoms with E-state index in [1.807, 2.05) is 19.9 Å². The molecular weight excluding hydrogens is 332 g/mol. The zero-order valence-electron chi connectivity index (χ0n) is 15.0. The number of fused-ring (bicyclic) bond motifs is 1. The second kappa shape index (κ2) is 6.36. The molecule has 1 aliphatic rings. The number of carbonyl (C=O) groups excluding carboxylic acids is 1. The molecule has 1 aliphatic carbocycles. The van der Waals surface area contributed by atoms with Crippen LogP contribution in [0.5, 0.6) is 0 Å². The molecule has 1 N–H and O–H groups in total. The minimum absolute atomic E-state index is 0.330. The lowest BCUT2D eigenvalue weighted by atomic mass is 10.1. The molecule has 26 heavy (non-hydrogen) atoms. The molecule has 0 unspecified atom stereocenters. The van der Waals surface area contributed by atoms with Gasteiger partial charge in [0.1, 0.15) is 12.1 Å². The van der Waals surface area contributed by atoms with Crippen molar-refractivity contribution in [3.8, 4) is 0 Å². The van der Waals surface area contributed by atoms with Crippen LogP contribution in [0.15, 0.2) is 18.5 Å². The fraction of sp³-hybridized carbons (Fsp3) is 0.389. The maximum absolute atomic E-state index is 12.0. The molecule has 4 rings (SSSR count). The van der Waals surface area contributed by atoms with E-state index in [0.29, 0.717) is 23.8 Å². The van der Waals surface area contributed by atoms with Gasteiger partial charge in [0.2, 0.25) is 0 Å². The van der Waals surface area contributed by atoms with Crippen LogP contribution < -0.4 is 5.32 Å². The second-order valence-electron chi connectivity index (χ2n) is 6.50. The van der Waals surface area contributed by atoms with Crippen molar-refractivity contribution in [2.24, 2.45) is 0 Å². The average molecular weight is 352 g/mol. The van der Waals surface area contributed by atoms with Crippen LogP contribution in [-0.2, 0) is 11.3 Å². The molecular formula is C18H20N6O2. The van der Waals surface area contributed by atoms with E-state index in [1.165, 1.54) is 13.4 Å². The summed E-state index contributed by atoms with van der Waals surface area (Å²) in [6.45, 7) is 4.46. The van der Waals surface area contributed by atoms with Gasteiger partial charge in [0.15, 0.2) is 0 Å². The highest BCUT2D eigenvalue weighted by atomic mass is 16.5. The molecule has 134 valence electrons. The molecule has 1 fully saturated rings. The van der Waals surface area contributed by atoms with Crippen LogP contribution >= 0.6 is 0 Å². The highest BCUT2D eigenvalue weighted by Gasteiger charge is 2.30. The first-order valence-corrected chi connectivity index (χ1v) is 8.57. The SMILES string of the molecule is COC(=O)c1ccc(CNc2c(C)c(C)nc3ncnn23)nc1C1CC1. The first kappa shape index (κ1) is 16.4. The molecule has 8 heteroatoms. The Kier molecular flexibility index (Phi) is 4.02. The summed E-state index contributed by atoms with van der Waals surface area (Å²) < 4.78 is 6.56. The molecule has 0 radical (unpaired) electrons. The Bertz CT molecular complexity index is 993. The van der Waals surface area contributed by atoms with Crippen molar-refractivity contribution in [2.75, 3.05) is 12.4 Å². The van der Waals surface area contributed by atoms with Gasteiger partial charge in [0.05, 0.1) is 30.6 Å². The Morgan fingerprint density at radius 3 is 2.85 bits per heavy atom. The monoisotopic (exact) mass is 352 g/mol. The Hall–Kier alpha value is -3.03. The van der Waals surface area contributed by atoms with Gasteiger partial charge in [-0.1, -0.05) is 0 Å². The molecule has 0 spiro atoms. The Morgan fingerprint density at radius 2 is 2.12 bits per heavy atom. The van der Waals surface area contributed by atoms with E-state index >= 15 is 0 Å². The lowest BCUT2D eigenvalue weighted by Crippen LogP contribution is -2.13. The molecule has 3 aromatic rings. The van der Waals surface area contributed by atoms with Gasteiger partial charge >= 0.3 is 5.97 Å². The van der Waals surface area contributed by atoms with Crippen LogP contribution in [0.1, 0.15) is 51.8 Å². The van der Waals surface area contributed by atoms with Crippen molar-refractivity contribution in [1.29, 1.82) is 0 Å². The topological polar surface area (TPSA) is 94.3 Å². The van der Waals surface area contributed by atoms with Crippen molar-refractivity contribution in [1.82, 2.24) is 24.6 Å². The van der Waals surface area contributed by atoms with Crippen LogP contribution in [0.3, 0.4) is 0 Å². The maximum Gasteiger partial charge on any atom is 0.339 e. The molecule has 8 nitrogen and oxygen atoms in total. The van der Waals surface area contributed by atoms with Crippen molar-refractivity contribution >= 4 is 17.6 Å². The third-order valence-electron chi connectivity index (χ3n) is 4.70. The number of hydrogen-bond acceptors (Lipinski definition) is 7. The molecule has 0 aliphatic heterocycles. The predicted octanol–water partition coefficient (Wildman–Crippen LogP) is 2.41. The van der Waals surface area contributed by atoms with Gasteiger partial charge in [0.25, 0.3) is 5.78 Å². The van der Waals surface area contributed by atoms with Crippen LogP contribution in [0.25, 0.3) is 5.78 Å². The van der Waals surface area contributed by atoms with Crippen LogP contribution in [-0.4, -0.2) is 37.6 Å². The Balaban J connectivity index is 1.63. The number of ether oxygens (including phenoxy) is 1. The smallest absolute Gasteiger partial charge is 0.339 e. The number of pyridine rings is 1. The van der Waals surface area contributed by atoms with Crippen molar-refractivity contribution < 1.29 is 9.53 Å². The minimum Gasteiger partial charge on any atom is -0.465 e. The molecule has 0 aromatic carbocycles. The van der Waals surface area contributed by atoms with E-state index in [2.05, 4.69) is 20.4 Å². The molecule has 0 atom stereocenters. The second-order valence-corrected chi connectivity index (χ2v) is 6.50.